The van der Waals surface area contributed by atoms with Crippen LogP contribution in [0.1, 0.15) is 26.2 Å². The first-order valence-corrected chi connectivity index (χ1v) is 6.30. The van der Waals surface area contributed by atoms with Crippen LogP contribution in [0.2, 0.25) is 0 Å². The Morgan fingerprint density at radius 1 is 1.56 bits per heavy atom. The zero-order valence-electron chi connectivity index (χ0n) is 9.87. The van der Waals surface area contributed by atoms with Gasteiger partial charge in [-0.3, -0.25) is 9.69 Å². The minimum absolute atomic E-state index is 0.108. The molecule has 1 aliphatic carbocycles. The molecule has 0 unspecified atom stereocenters. The zero-order chi connectivity index (χ0) is 12.0. The number of amides is 1. The first-order valence-electron chi connectivity index (χ1n) is 5.89. The van der Waals surface area contributed by atoms with Gasteiger partial charge in [0.25, 0.3) is 0 Å². The molecule has 0 bridgehead atoms. The normalized spacial score (nSPS) is 15.1. The van der Waals surface area contributed by atoms with Gasteiger partial charge in [0.2, 0.25) is 5.91 Å². The molecule has 0 radical (unpaired) electrons. The van der Waals surface area contributed by atoms with E-state index in [9.17, 15) is 4.79 Å². The molecular weight excluding hydrogens is 222 g/mol. The van der Waals surface area contributed by atoms with Crippen LogP contribution in [-0.2, 0) is 4.79 Å². The van der Waals surface area contributed by atoms with Gasteiger partial charge in [-0.15, -0.1) is 0 Å². The van der Waals surface area contributed by atoms with E-state index in [-0.39, 0.29) is 5.91 Å². The number of hydrogen-bond donors (Lipinski definition) is 2. The van der Waals surface area contributed by atoms with E-state index < -0.39 is 0 Å². The lowest BCUT2D eigenvalue weighted by Gasteiger charge is -2.19. The summed E-state index contributed by atoms with van der Waals surface area (Å²) in [7, 11) is 0. The fourth-order valence-corrected chi connectivity index (χ4v) is 1.55. The molecule has 4 nitrogen and oxygen atoms in total. The standard InChI is InChI=1S/C11H21N3OS/c1-2-14(6-5-10(12)16)8-11(15)13-7-9-3-4-9/h9H,2-8H2,1H3,(H2,12,16)(H,13,15). The Morgan fingerprint density at radius 2 is 2.25 bits per heavy atom. The highest BCUT2D eigenvalue weighted by atomic mass is 32.1. The summed E-state index contributed by atoms with van der Waals surface area (Å²) >= 11 is 4.82. The van der Waals surface area contributed by atoms with E-state index in [2.05, 4.69) is 10.2 Å². The zero-order valence-corrected chi connectivity index (χ0v) is 10.7. The first kappa shape index (κ1) is 13.4. The largest absolute Gasteiger partial charge is 0.393 e. The Kier molecular flexibility index (Phi) is 5.69. The van der Waals surface area contributed by atoms with E-state index >= 15 is 0 Å². The number of hydrogen-bond acceptors (Lipinski definition) is 3. The fraction of sp³-hybridized carbons (Fsp3) is 0.818. The van der Waals surface area contributed by atoms with Crippen molar-refractivity contribution >= 4 is 23.1 Å². The van der Waals surface area contributed by atoms with E-state index in [1.165, 1.54) is 12.8 Å². The maximum absolute atomic E-state index is 11.6. The van der Waals surface area contributed by atoms with Gasteiger partial charge in [0, 0.05) is 19.5 Å². The van der Waals surface area contributed by atoms with Gasteiger partial charge < -0.3 is 11.1 Å². The average Bonchev–Trinajstić information content (AvgIpc) is 3.04. The number of thiocarbonyl (C=S) groups is 1. The molecule has 16 heavy (non-hydrogen) atoms. The van der Waals surface area contributed by atoms with E-state index in [1.54, 1.807) is 0 Å². The molecule has 0 saturated heterocycles. The topological polar surface area (TPSA) is 58.4 Å². The third-order valence-corrected chi connectivity index (χ3v) is 2.98. The van der Waals surface area contributed by atoms with E-state index in [1.807, 2.05) is 6.92 Å². The van der Waals surface area contributed by atoms with Gasteiger partial charge in [0.15, 0.2) is 0 Å². The van der Waals surface area contributed by atoms with Gasteiger partial charge in [0.1, 0.15) is 0 Å². The van der Waals surface area contributed by atoms with Crippen molar-refractivity contribution in [2.75, 3.05) is 26.2 Å². The molecule has 1 aliphatic rings. The van der Waals surface area contributed by atoms with E-state index in [0.717, 1.165) is 25.6 Å². The van der Waals surface area contributed by atoms with Crippen LogP contribution in [0, 0.1) is 5.92 Å². The summed E-state index contributed by atoms with van der Waals surface area (Å²) in [6.45, 7) is 4.94. The number of rotatable bonds is 8. The summed E-state index contributed by atoms with van der Waals surface area (Å²) in [4.78, 5) is 14.1. The minimum atomic E-state index is 0.108. The summed E-state index contributed by atoms with van der Waals surface area (Å²) in [6, 6.07) is 0. The smallest absolute Gasteiger partial charge is 0.234 e. The van der Waals surface area contributed by atoms with Gasteiger partial charge in [-0.25, -0.2) is 0 Å². The van der Waals surface area contributed by atoms with Crippen molar-refractivity contribution in [3.8, 4) is 0 Å². The van der Waals surface area contributed by atoms with Crippen molar-refractivity contribution in [2.24, 2.45) is 11.7 Å². The molecule has 0 aliphatic heterocycles. The molecule has 1 amide bonds. The van der Waals surface area contributed by atoms with Crippen LogP contribution in [0.25, 0.3) is 0 Å². The van der Waals surface area contributed by atoms with Crippen molar-refractivity contribution in [2.45, 2.75) is 26.2 Å². The predicted octanol–water partition coefficient (Wildman–Crippen LogP) is 0.511. The maximum atomic E-state index is 11.6. The quantitative estimate of drug-likeness (QED) is 0.610. The summed E-state index contributed by atoms with van der Waals surface area (Å²) in [5.74, 6) is 0.840. The fourth-order valence-electron chi connectivity index (χ4n) is 1.46. The highest BCUT2D eigenvalue weighted by Gasteiger charge is 2.21. The highest BCUT2D eigenvalue weighted by Crippen LogP contribution is 2.27. The average molecular weight is 243 g/mol. The van der Waals surface area contributed by atoms with Crippen molar-refractivity contribution in [3.63, 3.8) is 0 Å². The number of carbonyl (C=O) groups excluding carboxylic acids is 1. The lowest BCUT2D eigenvalue weighted by Crippen LogP contribution is -2.39. The number of nitrogens with two attached hydrogens (primary N) is 1. The van der Waals surface area contributed by atoms with E-state index in [0.29, 0.717) is 18.0 Å². The van der Waals surface area contributed by atoms with E-state index in [4.69, 9.17) is 18.0 Å². The SMILES string of the molecule is CCN(CCC(N)=S)CC(=O)NCC1CC1. The van der Waals surface area contributed by atoms with Crippen LogP contribution in [0.4, 0.5) is 0 Å². The second-order valence-corrected chi connectivity index (χ2v) is 4.86. The number of nitrogens with one attached hydrogen (secondary N) is 1. The van der Waals surface area contributed by atoms with Crippen molar-refractivity contribution < 1.29 is 4.79 Å². The Hall–Kier alpha value is -0.680. The molecular formula is C11H21N3OS. The molecule has 0 aromatic rings. The molecule has 0 atom stereocenters. The molecule has 1 rings (SSSR count). The monoisotopic (exact) mass is 243 g/mol. The second kappa shape index (κ2) is 6.81. The molecule has 1 fully saturated rings. The van der Waals surface area contributed by atoms with Crippen molar-refractivity contribution in [1.82, 2.24) is 10.2 Å². The van der Waals surface area contributed by atoms with Gasteiger partial charge in [-0.2, -0.15) is 0 Å². The molecule has 5 heteroatoms. The molecule has 92 valence electrons. The maximum Gasteiger partial charge on any atom is 0.234 e. The Labute approximate surface area is 103 Å². The molecule has 0 spiro atoms. The highest BCUT2D eigenvalue weighted by molar-refractivity contribution is 7.80. The van der Waals surface area contributed by atoms with Crippen LogP contribution in [0.15, 0.2) is 0 Å². The number of likely N-dealkylation sites (N-methyl/N-ethyl adjacent to an activating group) is 1. The molecule has 0 aromatic heterocycles. The Morgan fingerprint density at radius 3 is 2.75 bits per heavy atom. The molecule has 3 N–H and O–H groups in total. The number of nitrogens with zero attached hydrogens (tertiary/aromatic N) is 1. The molecule has 0 heterocycles. The Balaban J connectivity index is 2.14. The van der Waals surface area contributed by atoms with Crippen LogP contribution in [0.3, 0.4) is 0 Å². The lowest BCUT2D eigenvalue weighted by atomic mass is 10.3. The van der Waals surface area contributed by atoms with Crippen LogP contribution in [0.5, 0.6) is 0 Å². The van der Waals surface area contributed by atoms with Gasteiger partial charge in [0.05, 0.1) is 11.5 Å². The first-order chi connectivity index (χ1) is 7.61. The third kappa shape index (κ3) is 6.02. The van der Waals surface area contributed by atoms with Gasteiger partial charge in [-0.1, -0.05) is 19.1 Å². The van der Waals surface area contributed by atoms with Crippen LogP contribution >= 0.6 is 12.2 Å². The summed E-state index contributed by atoms with van der Waals surface area (Å²) in [6.07, 6.45) is 3.21. The lowest BCUT2D eigenvalue weighted by molar-refractivity contribution is -0.122. The third-order valence-electron chi connectivity index (χ3n) is 2.77. The minimum Gasteiger partial charge on any atom is -0.393 e. The summed E-state index contributed by atoms with van der Waals surface area (Å²) in [5.41, 5.74) is 5.44. The molecule has 0 aromatic carbocycles. The summed E-state index contributed by atoms with van der Waals surface area (Å²) < 4.78 is 0. The molecule has 1 saturated carbocycles. The summed E-state index contributed by atoms with van der Waals surface area (Å²) in [5, 5.41) is 2.95. The van der Waals surface area contributed by atoms with Gasteiger partial charge >= 0.3 is 0 Å². The predicted molar refractivity (Wildman–Crippen MR) is 69.3 cm³/mol. The Bertz CT molecular complexity index is 254. The number of carbonyl (C=O) groups is 1. The van der Waals surface area contributed by atoms with Gasteiger partial charge in [-0.05, 0) is 25.3 Å². The van der Waals surface area contributed by atoms with Crippen molar-refractivity contribution in [3.05, 3.63) is 0 Å². The van der Waals surface area contributed by atoms with Crippen LogP contribution < -0.4 is 11.1 Å². The van der Waals surface area contributed by atoms with Crippen LogP contribution in [-0.4, -0.2) is 42.0 Å². The second-order valence-electron chi connectivity index (χ2n) is 4.33. The van der Waals surface area contributed by atoms with Crippen molar-refractivity contribution in [1.29, 1.82) is 0 Å².